The molecule has 1 heterocycles. The molecule has 28 heavy (non-hydrogen) atoms. The van der Waals surface area contributed by atoms with Crippen LogP contribution in [0.2, 0.25) is 0 Å². The maximum Gasteiger partial charge on any atom is 0.414 e. The van der Waals surface area contributed by atoms with Crippen molar-refractivity contribution in [2.75, 3.05) is 6.61 Å². The number of nitrogens with zero attached hydrogens (tertiary/aromatic N) is 2. The Kier molecular flexibility index (Phi) is 7.14. The van der Waals surface area contributed by atoms with Gasteiger partial charge in [-0.05, 0) is 37.1 Å². The molecule has 0 aliphatic carbocycles. The first-order valence-electron chi connectivity index (χ1n) is 8.16. The van der Waals surface area contributed by atoms with Gasteiger partial charge in [-0.3, -0.25) is 19.8 Å². The second-order valence-corrected chi connectivity index (χ2v) is 8.74. The molecule has 8 nitrogen and oxygen atoms in total. The van der Waals surface area contributed by atoms with Gasteiger partial charge in [-0.2, -0.15) is 0 Å². The SMILES string of the molecule is CC(C)OC(=O)C[C@@H]1c2ccc([N+](=O)[O-])cc2C=CN1C(=O)OCC(Cl)(Cl)Cl. The van der Waals surface area contributed by atoms with Crippen molar-refractivity contribution in [3.63, 3.8) is 0 Å². The van der Waals surface area contributed by atoms with Crippen LogP contribution in [0.5, 0.6) is 0 Å². The molecule has 1 aromatic rings. The van der Waals surface area contributed by atoms with Crippen molar-refractivity contribution in [1.29, 1.82) is 0 Å². The topological polar surface area (TPSA) is 99.0 Å². The highest BCUT2D eigenvalue weighted by Crippen LogP contribution is 2.36. The maximum atomic E-state index is 12.5. The summed E-state index contributed by atoms with van der Waals surface area (Å²) >= 11 is 16.8. The number of benzene rings is 1. The number of carbonyl (C=O) groups excluding carboxylic acids is 2. The van der Waals surface area contributed by atoms with Gasteiger partial charge in [0.15, 0.2) is 0 Å². The van der Waals surface area contributed by atoms with Gasteiger partial charge in [-0.25, -0.2) is 4.79 Å². The monoisotopic (exact) mass is 450 g/mol. The Morgan fingerprint density at radius 2 is 2.00 bits per heavy atom. The summed E-state index contributed by atoms with van der Waals surface area (Å²) in [4.78, 5) is 36.3. The van der Waals surface area contributed by atoms with Crippen LogP contribution in [0.1, 0.15) is 37.4 Å². The van der Waals surface area contributed by atoms with E-state index in [0.717, 1.165) is 4.90 Å². The smallest absolute Gasteiger partial charge is 0.414 e. The van der Waals surface area contributed by atoms with Crippen molar-refractivity contribution < 1.29 is 24.0 Å². The molecule has 2 rings (SSSR count). The van der Waals surface area contributed by atoms with Crippen LogP contribution in [0.4, 0.5) is 10.5 Å². The average molecular weight is 452 g/mol. The number of halogens is 3. The first-order valence-corrected chi connectivity index (χ1v) is 9.29. The number of alkyl halides is 3. The predicted molar refractivity (Wildman–Crippen MR) is 104 cm³/mol. The third-order valence-corrected chi connectivity index (χ3v) is 4.02. The summed E-state index contributed by atoms with van der Waals surface area (Å²) in [5.74, 6) is -0.543. The van der Waals surface area contributed by atoms with Crippen molar-refractivity contribution in [1.82, 2.24) is 4.90 Å². The van der Waals surface area contributed by atoms with Gasteiger partial charge in [0.05, 0.1) is 23.5 Å². The van der Waals surface area contributed by atoms with E-state index in [1.807, 2.05) is 0 Å². The van der Waals surface area contributed by atoms with Gasteiger partial charge in [0.25, 0.3) is 5.69 Å². The molecule has 1 aliphatic heterocycles. The van der Waals surface area contributed by atoms with Crippen LogP contribution in [0.25, 0.3) is 6.08 Å². The number of fused-ring (bicyclic) bond motifs is 1. The van der Waals surface area contributed by atoms with Gasteiger partial charge in [0.1, 0.15) is 6.61 Å². The van der Waals surface area contributed by atoms with Gasteiger partial charge in [0.2, 0.25) is 3.79 Å². The lowest BCUT2D eigenvalue weighted by Crippen LogP contribution is -2.36. The lowest BCUT2D eigenvalue weighted by molar-refractivity contribution is -0.384. The van der Waals surface area contributed by atoms with E-state index in [0.29, 0.717) is 11.1 Å². The first kappa shape index (κ1) is 22.3. The van der Waals surface area contributed by atoms with Crippen molar-refractivity contribution in [3.05, 3.63) is 45.6 Å². The number of ether oxygens (including phenoxy) is 2. The Balaban J connectivity index is 2.33. The highest BCUT2D eigenvalue weighted by Gasteiger charge is 2.34. The van der Waals surface area contributed by atoms with E-state index >= 15 is 0 Å². The van der Waals surface area contributed by atoms with Crippen LogP contribution in [0, 0.1) is 10.1 Å². The molecule has 0 bridgehead atoms. The Labute approximate surface area is 176 Å². The lowest BCUT2D eigenvalue weighted by Gasteiger charge is -2.32. The fourth-order valence-electron chi connectivity index (χ4n) is 2.62. The summed E-state index contributed by atoms with van der Waals surface area (Å²) in [6, 6.07) is 3.34. The average Bonchev–Trinajstić information content (AvgIpc) is 2.58. The van der Waals surface area contributed by atoms with Crippen molar-refractivity contribution >= 4 is 58.6 Å². The normalized spacial score (nSPS) is 15.9. The van der Waals surface area contributed by atoms with Crippen molar-refractivity contribution in [2.24, 2.45) is 0 Å². The minimum absolute atomic E-state index is 0.112. The molecule has 0 radical (unpaired) electrons. The number of hydrogen-bond donors (Lipinski definition) is 0. The van der Waals surface area contributed by atoms with Crippen LogP contribution in [0.15, 0.2) is 24.4 Å². The molecule has 1 amide bonds. The standard InChI is InChI=1S/C17H17Cl3N2O6/c1-10(2)28-15(23)8-14-13-4-3-12(22(25)26)7-11(13)5-6-21(14)16(24)27-9-17(18,19)20/h3-7,10,14H,8-9H2,1-2H3/t14-/m1/s1. The van der Waals surface area contributed by atoms with Crippen LogP contribution >= 0.6 is 34.8 Å². The highest BCUT2D eigenvalue weighted by molar-refractivity contribution is 6.67. The summed E-state index contributed by atoms with van der Waals surface area (Å²) < 4.78 is 8.36. The Bertz CT molecular complexity index is 807. The van der Waals surface area contributed by atoms with E-state index in [1.54, 1.807) is 13.8 Å². The van der Waals surface area contributed by atoms with E-state index < -0.39 is 33.4 Å². The molecule has 0 spiro atoms. The zero-order chi connectivity index (χ0) is 21.1. The molecule has 0 fully saturated rings. The van der Waals surface area contributed by atoms with Crippen LogP contribution < -0.4 is 0 Å². The van der Waals surface area contributed by atoms with E-state index in [4.69, 9.17) is 44.3 Å². The molecular formula is C17H17Cl3N2O6. The molecule has 0 unspecified atom stereocenters. The fourth-order valence-corrected chi connectivity index (χ4v) is 2.78. The zero-order valence-corrected chi connectivity index (χ0v) is 17.2. The van der Waals surface area contributed by atoms with Crippen molar-refractivity contribution in [3.8, 4) is 0 Å². The number of carbonyl (C=O) groups is 2. The molecule has 1 aromatic carbocycles. The minimum Gasteiger partial charge on any atom is -0.463 e. The lowest BCUT2D eigenvalue weighted by atomic mass is 9.93. The summed E-state index contributed by atoms with van der Waals surface area (Å²) in [6.45, 7) is 2.91. The zero-order valence-electron chi connectivity index (χ0n) is 14.9. The second kappa shape index (κ2) is 8.98. The maximum absolute atomic E-state index is 12.5. The number of non-ortho nitro benzene ring substituents is 1. The molecule has 0 saturated carbocycles. The second-order valence-electron chi connectivity index (χ2n) is 6.22. The van der Waals surface area contributed by atoms with Crippen LogP contribution in [-0.4, -0.2) is 38.4 Å². The van der Waals surface area contributed by atoms with E-state index in [-0.39, 0.29) is 18.2 Å². The van der Waals surface area contributed by atoms with Gasteiger partial charge in [0, 0.05) is 18.3 Å². The molecule has 1 atom stereocenters. The van der Waals surface area contributed by atoms with Crippen LogP contribution in [0.3, 0.4) is 0 Å². The number of amides is 1. The Hall–Kier alpha value is -2.03. The molecule has 152 valence electrons. The molecule has 0 saturated heterocycles. The number of nitro benzene ring substituents is 1. The first-order chi connectivity index (χ1) is 13.0. The largest absolute Gasteiger partial charge is 0.463 e. The van der Waals surface area contributed by atoms with Gasteiger partial charge >= 0.3 is 12.1 Å². The van der Waals surface area contributed by atoms with E-state index in [1.165, 1.54) is 30.5 Å². The fraction of sp³-hybridized carbons (Fsp3) is 0.412. The number of rotatable bonds is 5. The summed E-state index contributed by atoms with van der Waals surface area (Å²) in [5.41, 5.74) is 0.917. The predicted octanol–water partition coefficient (Wildman–Crippen LogP) is 4.77. The van der Waals surface area contributed by atoms with E-state index in [9.17, 15) is 19.7 Å². The Morgan fingerprint density at radius 3 is 2.57 bits per heavy atom. The molecular weight excluding hydrogens is 435 g/mol. The third kappa shape index (κ3) is 5.98. The molecule has 0 N–H and O–H groups in total. The summed E-state index contributed by atoms with van der Waals surface area (Å²) in [6.07, 6.45) is 1.50. The summed E-state index contributed by atoms with van der Waals surface area (Å²) in [7, 11) is 0. The van der Waals surface area contributed by atoms with Crippen LogP contribution in [-0.2, 0) is 14.3 Å². The number of nitro groups is 1. The van der Waals surface area contributed by atoms with Gasteiger partial charge in [-0.1, -0.05) is 34.8 Å². The molecule has 1 aliphatic rings. The number of hydrogen-bond acceptors (Lipinski definition) is 6. The summed E-state index contributed by atoms with van der Waals surface area (Å²) in [5, 5.41) is 11.0. The van der Waals surface area contributed by atoms with E-state index in [2.05, 4.69) is 0 Å². The molecule has 0 aromatic heterocycles. The quantitative estimate of drug-likeness (QED) is 0.277. The molecule has 11 heteroatoms. The third-order valence-electron chi connectivity index (χ3n) is 3.69. The number of esters is 1. The highest BCUT2D eigenvalue weighted by atomic mass is 35.6. The minimum atomic E-state index is -1.79. The van der Waals surface area contributed by atoms with Gasteiger partial charge < -0.3 is 9.47 Å². The van der Waals surface area contributed by atoms with Gasteiger partial charge in [-0.15, -0.1) is 0 Å². The van der Waals surface area contributed by atoms with Crippen molar-refractivity contribution in [2.45, 2.75) is 36.2 Å². The Morgan fingerprint density at radius 1 is 1.32 bits per heavy atom.